The first-order valence-corrected chi connectivity index (χ1v) is 17.1. The Morgan fingerprint density at radius 2 is 1.33 bits per heavy atom. The number of halogens is 3. The minimum Gasteiger partial charge on any atom is -0.416 e. The van der Waals surface area contributed by atoms with Gasteiger partial charge in [0.2, 0.25) is 5.75 Å². The van der Waals surface area contributed by atoms with Crippen LogP contribution in [0.15, 0.2) is 41.2 Å². The molecule has 2 aromatic carbocycles. The van der Waals surface area contributed by atoms with Gasteiger partial charge in [0.05, 0.1) is 15.0 Å². The highest BCUT2D eigenvalue weighted by Gasteiger charge is 2.23. The predicted octanol–water partition coefficient (Wildman–Crippen LogP) is 10.9. The zero-order valence-electron chi connectivity index (χ0n) is 25.8. The van der Waals surface area contributed by atoms with Gasteiger partial charge in [-0.05, 0) is 30.7 Å². The molecule has 0 amide bonds. The largest absolute Gasteiger partial charge is 0.416 e. The van der Waals surface area contributed by atoms with Gasteiger partial charge >= 0.3 is 11.5 Å². The number of nitro benzene ring substituents is 1. The van der Waals surface area contributed by atoms with E-state index < -0.39 is 16.5 Å². The standard InChI is InChI=1S/C33H43Cl3N4O5/c1-2-3-4-5-6-7-8-9-10-11-12-13-14-15-16-17-29(41)45-31-32(37-25-18-20-26(21-19-25)40(43)44)38-39(33(31)42)30-27(35)22-24(34)23-28(30)36/h18-23,37-38H,2-17H2,1H3. The molecule has 0 saturated heterocycles. The number of nitrogens with zero attached hydrogens (tertiary/aromatic N) is 2. The van der Waals surface area contributed by atoms with Crippen molar-refractivity contribution in [2.75, 3.05) is 5.32 Å². The fourth-order valence-corrected chi connectivity index (χ4v) is 6.11. The van der Waals surface area contributed by atoms with E-state index in [9.17, 15) is 19.7 Å². The molecule has 0 fully saturated rings. The Balaban J connectivity index is 1.51. The van der Waals surface area contributed by atoms with E-state index in [0.717, 1.165) is 23.9 Å². The smallest absolute Gasteiger partial charge is 0.316 e. The first-order chi connectivity index (χ1) is 21.7. The number of rotatable bonds is 21. The molecule has 0 atom stereocenters. The second-order valence-corrected chi connectivity index (χ2v) is 12.5. The van der Waals surface area contributed by atoms with Crippen molar-refractivity contribution in [1.29, 1.82) is 0 Å². The van der Waals surface area contributed by atoms with E-state index in [-0.39, 0.29) is 44.4 Å². The third kappa shape index (κ3) is 12.0. The third-order valence-corrected chi connectivity index (χ3v) is 8.40. The van der Waals surface area contributed by atoms with Gasteiger partial charge in [-0.3, -0.25) is 24.8 Å². The molecule has 45 heavy (non-hydrogen) atoms. The van der Waals surface area contributed by atoms with Crippen LogP contribution in [-0.4, -0.2) is 20.7 Å². The summed E-state index contributed by atoms with van der Waals surface area (Å²) in [5.74, 6) is -0.768. The van der Waals surface area contributed by atoms with Gasteiger partial charge in [0.25, 0.3) is 5.69 Å². The summed E-state index contributed by atoms with van der Waals surface area (Å²) in [7, 11) is 0. The minimum atomic E-state index is -0.699. The van der Waals surface area contributed by atoms with Gasteiger partial charge in [0.1, 0.15) is 5.69 Å². The number of ether oxygens (including phenoxy) is 1. The van der Waals surface area contributed by atoms with Crippen LogP contribution in [0, 0.1) is 10.1 Å². The summed E-state index contributed by atoms with van der Waals surface area (Å²) in [6.07, 6.45) is 18.4. The van der Waals surface area contributed by atoms with Gasteiger partial charge in [-0.2, -0.15) is 0 Å². The Kier molecular flexibility index (Phi) is 15.8. The SMILES string of the molecule is CCCCCCCCCCCCCCCCCC(=O)Oc1c(Nc2ccc([N+](=O)[O-])cc2)[nH]n(-c2c(Cl)cc(Cl)cc2Cl)c1=O. The second-order valence-electron chi connectivity index (χ2n) is 11.3. The van der Waals surface area contributed by atoms with Crippen LogP contribution in [0.3, 0.4) is 0 Å². The molecule has 0 aliphatic heterocycles. The highest BCUT2D eigenvalue weighted by molar-refractivity contribution is 6.40. The molecule has 0 bridgehead atoms. The quantitative estimate of drug-likeness (QED) is 0.0500. The van der Waals surface area contributed by atoms with Crippen LogP contribution in [0.5, 0.6) is 5.75 Å². The van der Waals surface area contributed by atoms with E-state index in [4.69, 9.17) is 39.5 Å². The van der Waals surface area contributed by atoms with Crippen LogP contribution in [0.4, 0.5) is 17.2 Å². The Morgan fingerprint density at radius 1 is 0.844 bits per heavy atom. The number of unbranched alkanes of at least 4 members (excludes halogenated alkanes) is 14. The van der Waals surface area contributed by atoms with Gasteiger partial charge in [-0.15, -0.1) is 0 Å². The van der Waals surface area contributed by atoms with Gasteiger partial charge in [-0.1, -0.05) is 132 Å². The summed E-state index contributed by atoms with van der Waals surface area (Å²) in [5.41, 5.74) is -0.247. The van der Waals surface area contributed by atoms with Crippen LogP contribution in [0.2, 0.25) is 15.1 Å². The van der Waals surface area contributed by atoms with Crippen LogP contribution in [-0.2, 0) is 4.79 Å². The average molecular weight is 682 g/mol. The second kappa shape index (κ2) is 19.5. The first kappa shape index (κ1) is 36.5. The molecule has 0 aliphatic rings. The molecule has 0 unspecified atom stereocenters. The number of benzene rings is 2. The molecule has 0 saturated carbocycles. The number of carbonyl (C=O) groups is 1. The number of hydrogen-bond donors (Lipinski definition) is 2. The zero-order valence-corrected chi connectivity index (χ0v) is 28.1. The van der Waals surface area contributed by atoms with Gasteiger partial charge in [-0.25, -0.2) is 4.68 Å². The molecule has 3 aromatic rings. The summed E-state index contributed by atoms with van der Waals surface area (Å²) >= 11 is 18.7. The molecular weight excluding hydrogens is 639 g/mol. The lowest BCUT2D eigenvalue weighted by Crippen LogP contribution is -2.19. The van der Waals surface area contributed by atoms with Crippen molar-refractivity contribution in [3.8, 4) is 11.4 Å². The number of esters is 1. The molecule has 12 heteroatoms. The van der Waals surface area contributed by atoms with Crippen molar-refractivity contribution in [2.24, 2.45) is 0 Å². The molecule has 1 aromatic heterocycles. The maximum absolute atomic E-state index is 13.4. The van der Waals surface area contributed by atoms with Crippen molar-refractivity contribution in [1.82, 2.24) is 9.78 Å². The summed E-state index contributed by atoms with van der Waals surface area (Å²) in [6.45, 7) is 2.25. The van der Waals surface area contributed by atoms with E-state index in [1.165, 1.54) is 107 Å². The van der Waals surface area contributed by atoms with Gasteiger partial charge in [0, 0.05) is 29.3 Å². The summed E-state index contributed by atoms with van der Waals surface area (Å²) in [4.78, 5) is 36.7. The highest BCUT2D eigenvalue weighted by atomic mass is 35.5. The Morgan fingerprint density at radius 3 is 1.82 bits per heavy atom. The van der Waals surface area contributed by atoms with Crippen LogP contribution >= 0.6 is 34.8 Å². The molecule has 0 spiro atoms. The van der Waals surface area contributed by atoms with Gasteiger partial charge in [0.15, 0.2) is 5.82 Å². The highest BCUT2D eigenvalue weighted by Crippen LogP contribution is 2.33. The van der Waals surface area contributed by atoms with Gasteiger partial charge < -0.3 is 10.1 Å². The Bertz CT molecular complexity index is 1420. The molecule has 246 valence electrons. The summed E-state index contributed by atoms with van der Waals surface area (Å²) < 4.78 is 6.61. The van der Waals surface area contributed by atoms with Crippen LogP contribution in [0.1, 0.15) is 110 Å². The maximum atomic E-state index is 13.4. The Hall–Kier alpha value is -3.01. The fraction of sp³-hybridized carbons (Fsp3) is 0.515. The molecule has 0 radical (unpaired) electrons. The number of carbonyl (C=O) groups excluding carboxylic acids is 1. The van der Waals surface area contributed by atoms with E-state index >= 15 is 0 Å². The number of aromatic amines is 1. The number of non-ortho nitro benzene ring substituents is 1. The monoisotopic (exact) mass is 680 g/mol. The topological polar surface area (TPSA) is 119 Å². The summed E-state index contributed by atoms with van der Waals surface area (Å²) in [5, 5.41) is 17.3. The van der Waals surface area contributed by atoms with Crippen molar-refractivity contribution in [3.63, 3.8) is 0 Å². The Labute approximate surface area is 279 Å². The number of H-pyrrole nitrogens is 1. The van der Waals surface area contributed by atoms with Crippen molar-refractivity contribution in [2.45, 2.75) is 110 Å². The number of aromatic nitrogens is 2. The van der Waals surface area contributed by atoms with E-state index in [1.54, 1.807) is 0 Å². The van der Waals surface area contributed by atoms with Crippen LogP contribution < -0.4 is 15.6 Å². The minimum absolute atomic E-state index is 0.0563. The molecule has 1 heterocycles. The molecular formula is C33H43Cl3N4O5. The number of hydrogen-bond acceptors (Lipinski definition) is 6. The molecule has 0 aliphatic carbocycles. The van der Waals surface area contributed by atoms with E-state index in [1.807, 2.05) is 0 Å². The molecule has 3 rings (SSSR count). The normalized spacial score (nSPS) is 11.1. The maximum Gasteiger partial charge on any atom is 0.316 e. The van der Waals surface area contributed by atoms with Crippen molar-refractivity contribution >= 4 is 58.0 Å². The fourth-order valence-electron chi connectivity index (χ4n) is 5.12. The van der Waals surface area contributed by atoms with Crippen molar-refractivity contribution < 1.29 is 14.5 Å². The molecule has 2 N–H and O–H groups in total. The zero-order chi connectivity index (χ0) is 32.6. The summed E-state index contributed by atoms with van der Waals surface area (Å²) in [6, 6.07) is 8.43. The average Bonchev–Trinajstić information content (AvgIpc) is 3.28. The van der Waals surface area contributed by atoms with E-state index in [2.05, 4.69) is 17.3 Å². The van der Waals surface area contributed by atoms with Crippen LogP contribution in [0.25, 0.3) is 5.69 Å². The van der Waals surface area contributed by atoms with E-state index in [0.29, 0.717) is 12.1 Å². The third-order valence-electron chi connectivity index (χ3n) is 7.60. The lowest BCUT2D eigenvalue weighted by atomic mass is 10.0. The lowest BCUT2D eigenvalue weighted by molar-refractivity contribution is -0.384. The predicted molar refractivity (Wildman–Crippen MR) is 183 cm³/mol. The number of nitrogens with one attached hydrogen (secondary N) is 2. The van der Waals surface area contributed by atoms with Crippen molar-refractivity contribution in [3.05, 3.63) is 71.9 Å². The first-order valence-electron chi connectivity index (χ1n) is 15.9. The number of anilines is 2. The number of nitro groups is 1. The lowest BCUT2D eigenvalue weighted by Gasteiger charge is -2.08. The molecule has 9 nitrogen and oxygen atoms in total.